The minimum absolute atomic E-state index is 0.424. The van der Waals surface area contributed by atoms with E-state index in [-0.39, 0.29) is 0 Å². The van der Waals surface area contributed by atoms with Crippen LogP contribution in [0.25, 0.3) is 0 Å². The molecule has 0 N–H and O–H groups in total. The Balaban J connectivity index is 2.37. The van der Waals surface area contributed by atoms with Crippen LogP contribution in [0.5, 0.6) is 0 Å². The van der Waals surface area contributed by atoms with Gasteiger partial charge < -0.3 is 0 Å². The minimum Gasteiger partial charge on any atom is -0.187 e. The molecule has 0 bridgehead atoms. The van der Waals surface area contributed by atoms with E-state index in [0.717, 1.165) is 29.8 Å². The molecule has 0 unspecified atom stereocenters. The van der Waals surface area contributed by atoms with Crippen LogP contribution in [-0.4, -0.2) is 35.0 Å². The van der Waals surface area contributed by atoms with E-state index in [1.54, 1.807) is 13.8 Å². The van der Waals surface area contributed by atoms with Gasteiger partial charge in [0.05, 0.1) is 16.4 Å². The highest BCUT2D eigenvalue weighted by Crippen LogP contribution is 2.23. The zero-order valence-electron chi connectivity index (χ0n) is 10.7. The van der Waals surface area contributed by atoms with E-state index in [1.807, 2.05) is 0 Å². The third-order valence-corrected chi connectivity index (χ3v) is 5.63. The van der Waals surface area contributed by atoms with E-state index in [2.05, 4.69) is 5.10 Å². The third-order valence-electron chi connectivity index (χ3n) is 3.27. The summed E-state index contributed by atoms with van der Waals surface area (Å²) in [6, 6.07) is 0. The summed E-state index contributed by atoms with van der Waals surface area (Å²) in [7, 11) is -3.56. The van der Waals surface area contributed by atoms with Gasteiger partial charge in [-0.1, -0.05) is 24.4 Å². The van der Waals surface area contributed by atoms with E-state index >= 15 is 0 Å². The van der Waals surface area contributed by atoms with Crippen LogP contribution in [0.2, 0.25) is 5.02 Å². The summed E-state index contributed by atoms with van der Waals surface area (Å²) in [4.78, 5) is 0. The summed E-state index contributed by atoms with van der Waals surface area (Å²) in [5.74, 6) is 0. The highest BCUT2D eigenvalue weighted by Gasteiger charge is 2.28. The Kier molecular flexibility index (Phi) is 3.99. The van der Waals surface area contributed by atoms with Crippen LogP contribution >= 0.6 is 11.6 Å². The molecule has 0 amide bonds. The largest absolute Gasteiger partial charge is 0.323 e. The zero-order valence-corrected chi connectivity index (χ0v) is 12.3. The predicted octanol–water partition coefficient (Wildman–Crippen LogP) is 2.12. The summed E-state index contributed by atoms with van der Waals surface area (Å²) < 4.78 is 27.6. The van der Waals surface area contributed by atoms with Gasteiger partial charge >= 0.3 is 10.2 Å². The van der Waals surface area contributed by atoms with Crippen LogP contribution < -0.4 is 0 Å². The van der Waals surface area contributed by atoms with Gasteiger partial charge in [0.2, 0.25) is 0 Å². The minimum atomic E-state index is -3.56. The van der Waals surface area contributed by atoms with E-state index in [1.165, 1.54) is 4.31 Å². The smallest absolute Gasteiger partial charge is 0.187 e. The SMILES string of the molecule is Cc1nn(S(=O)(=O)N2CCCCCC2)c(C)c1Cl. The molecule has 0 radical (unpaired) electrons. The molecular formula is C11H18ClN3O2S. The lowest BCUT2D eigenvalue weighted by Crippen LogP contribution is -2.37. The van der Waals surface area contributed by atoms with Gasteiger partial charge in [0.1, 0.15) is 0 Å². The molecule has 2 heterocycles. The summed E-state index contributed by atoms with van der Waals surface area (Å²) in [6.45, 7) is 4.53. The number of aryl methyl sites for hydroxylation is 1. The van der Waals surface area contributed by atoms with E-state index in [9.17, 15) is 8.42 Å². The van der Waals surface area contributed by atoms with Crippen molar-refractivity contribution < 1.29 is 8.42 Å². The highest BCUT2D eigenvalue weighted by atomic mass is 35.5. The lowest BCUT2D eigenvalue weighted by Gasteiger charge is -2.20. The standard InChI is InChI=1S/C11H18ClN3O2S/c1-9-11(12)10(2)15(13-9)18(16,17)14-7-5-3-4-6-8-14/h3-8H2,1-2H3. The lowest BCUT2D eigenvalue weighted by atomic mass is 10.2. The van der Waals surface area contributed by atoms with Gasteiger partial charge in [0, 0.05) is 13.1 Å². The molecule has 0 atom stereocenters. The van der Waals surface area contributed by atoms with Crippen molar-refractivity contribution in [3.63, 3.8) is 0 Å². The number of hydrogen-bond donors (Lipinski definition) is 0. The highest BCUT2D eigenvalue weighted by molar-refractivity contribution is 7.87. The van der Waals surface area contributed by atoms with Gasteiger partial charge in [-0.3, -0.25) is 0 Å². The number of halogens is 1. The molecule has 1 aliphatic rings. The van der Waals surface area contributed by atoms with Crippen molar-refractivity contribution in [3.05, 3.63) is 16.4 Å². The average Bonchev–Trinajstić information content (AvgIpc) is 2.57. The first-order chi connectivity index (χ1) is 8.44. The molecule has 1 aromatic rings. The molecule has 1 fully saturated rings. The third kappa shape index (κ3) is 2.41. The fourth-order valence-corrected chi connectivity index (χ4v) is 3.98. The molecule has 18 heavy (non-hydrogen) atoms. The van der Waals surface area contributed by atoms with Crippen molar-refractivity contribution in [3.8, 4) is 0 Å². The predicted molar refractivity (Wildman–Crippen MR) is 71.1 cm³/mol. The van der Waals surface area contributed by atoms with Gasteiger partial charge in [0.15, 0.2) is 0 Å². The van der Waals surface area contributed by atoms with Crippen molar-refractivity contribution in [2.24, 2.45) is 0 Å². The van der Waals surface area contributed by atoms with Crippen LogP contribution in [-0.2, 0) is 10.2 Å². The van der Waals surface area contributed by atoms with Crippen LogP contribution in [0, 0.1) is 13.8 Å². The molecule has 0 saturated carbocycles. The van der Waals surface area contributed by atoms with Crippen molar-refractivity contribution in [2.45, 2.75) is 39.5 Å². The van der Waals surface area contributed by atoms with Gasteiger partial charge in [-0.05, 0) is 26.7 Å². The van der Waals surface area contributed by atoms with E-state index in [4.69, 9.17) is 11.6 Å². The summed E-state index contributed by atoms with van der Waals surface area (Å²) in [5.41, 5.74) is 1.03. The summed E-state index contributed by atoms with van der Waals surface area (Å²) in [6.07, 6.45) is 3.99. The van der Waals surface area contributed by atoms with E-state index in [0.29, 0.717) is 29.5 Å². The molecule has 7 heteroatoms. The first-order valence-corrected chi connectivity index (χ1v) is 7.94. The lowest BCUT2D eigenvalue weighted by molar-refractivity contribution is 0.412. The molecule has 5 nitrogen and oxygen atoms in total. The van der Waals surface area contributed by atoms with Gasteiger partial charge in [0.25, 0.3) is 0 Å². The first-order valence-electron chi connectivity index (χ1n) is 6.17. The van der Waals surface area contributed by atoms with Crippen LogP contribution in [0.3, 0.4) is 0 Å². The van der Waals surface area contributed by atoms with Crippen LogP contribution in [0.4, 0.5) is 0 Å². The second-order valence-corrected chi connectivity index (χ2v) is 6.78. The zero-order chi connectivity index (χ0) is 13.3. The van der Waals surface area contributed by atoms with Crippen molar-refractivity contribution in [2.75, 3.05) is 13.1 Å². The van der Waals surface area contributed by atoms with E-state index < -0.39 is 10.2 Å². The van der Waals surface area contributed by atoms with Crippen molar-refractivity contribution in [1.29, 1.82) is 0 Å². The molecular weight excluding hydrogens is 274 g/mol. The van der Waals surface area contributed by atoms with Gasteiger partial charge in [-0.15, -0.1) is 4.09 Å². The molecule has 0 aromatic carbocycles. The number of aromatic nitrogens is 2. The number of hydrogen-bond acceptors (Lipinski definition) is 3. The Hall–Kier alpha value is -0.590. The topological polar surface area (TPSA) is 55.2 Å². The fourth-order valence-electron chi connectivity index (χ4n) is 2.21. The fraction of sp³-hybridized carbons (Fsp3) is 0.727. The quantitative estimate of drug-likeness (QED) is 0.839. The van der Waals surface area contributed by atoms with Gasteiger partial charge in [-0.25, -0.2) is 0 Å². The molecule has 2 rings (SSSR count). The van der Waals surface area contributed by atoms with Crippen LogP contribution in [0.1, 0.15) is 37.1 Å². The first kappa shape index (κ1) is 13.8. The normalized spacial score (nSPS) is 18.8. The molecule has 0 aliphatic carbocycles. The Bertz CT molecular complexity index is 531. The maximum atomic E-state index is 12.5. The van der Waals surface area contributed by atoms with Crippen LogP contribution in [0.15, 0.2) is 0 Å². The molecule has 1 aromatic heterocycles. The second kappa shape index (κ2) is 5.19. The molecule has 1 saturated heterocycles. The maximum absolute atomic E-state index is 12.5. The summed E-state index contributed by atoms with van der Waals surface area (Å²) in [5, 5.41) is 4.47. The number of nitrogens with zero attached hydrogens (tertiary/aromatic N) is 3. The van der Waals surface area contributed by atoms with Crippen molar-refractivity contribution >= 4 is 21.8 Å². The van der Waals surface area contributed by atoms with Gasteiger partial charge in [-0.2, -0.15) is 17.8 Å². The summed E-state index contributed by atoms with van der Waals surface area (Å²) >= 11 is 6.01. The Morgan fingerprint density at radius 2 is 1.67 bits per heavy atom. The number of rotatable bonds is 2. The Labute approximate surface area is 113 Å². The van der Waals surface area contributed by atoms with Crippen molar-refractivity contribution in [1.82, 2.24) is 13.5 Å². The molecule has 102 valence electrons. The maximum Gasteiger partial charge on any atom is 0.323 e. The monoisotopic (exact) mass is 291 g/mol. The average molecular weight is 292 g/mol. The Morgan fingerprint density at radius 3 is 2.11 bits per heavy atom. The molecule has 1 aliphatic heterocycles. The second-order valence-electron chi connectivity index (χ2n) is 4.65. The molecule has 0 spiro atoms. The Morgan fingerprint density at radius 1 is 1.11 bits per heavy atom.